The first-order valence-electron chi connectivity index (χ1n) is 5.74. The summed E-state index contributed by atoms with van der Waals surface area (Å²) >= 11 is 17.9. The zero-order chi connectivity index (χ0) is 13.8. The molecule has 0 N–H and O–H groups in total. The van der Waals surface area contributed by atoms with Gasteiger partial charge < -0.3 is 4.74 Å². The highest BCUT2D eigenvalue weighted by Gasteiger charge is 2.10. The third-order valence-electron chi connectivity index (χ3n) is 2.62. The van der Waals surface area contributed by atoms with Crippen LogP contribution in [0.4, 0.5) is 0 Å². The Bertz CT molecular complexity index is 569. The van der Waals surface area contributed by atoms with Crippen molar-refractivity contribution in [3.8, 4) is 5.75 Å². The van der Waals surface area contributed by atoms with E-state index in [0.717, 1.165) is 17.5 Å². The zero-order valence-corrected chi connectivity index (χ0v) is 12.6. The molecule has 0 saturated heterocycles. The molecule has 0 aliphatic heterocycles. The summed E-state index contributed by atoms with van der Waals surface area (Å²) in [5.74, 6) is 0.910. The number of aryl methyl sites for hydroxylation is 1. The lowest BCUT2D eigenvalue weighted by Crippen LogP contribution is -2.03. The smallest absolute Gasteiger partial charge is 0.142 e. The average Bonchev–Trinajstić information content (AvgIpc) is 2.77. The maximum atomic E-state index is 6.11. The van der Waals surface area contributed by atoms with Gasteiger partial charge in [0.05, 0.1) is 23.7 Å². The van der Waals surface area contributed by atoms with Crippen LogP contribution in [0.1, 0.15) is 11.1 Å². The third kappa shape index (κ3) is 3.78. The first-order valence-corrected chi connectivity index (χ1v) is 7.03. The van der Waals surface area contributed by atoms with Crippen LogP contribution in [0.3, 0.4) is 0 Å². The van der Waals surface area contributed by atoms with Gasteiger partial charge in [-0.25, -0.2) is 0 Å². The minimum atomic E-state index is 0.308. The molecule has 0 unspecified atom stereocenters. The molecule has 0 fully saturated rings. The summed E-state index contributed by atoms with van der Waals surface area (Å²) in [6.45, 7) is 0.511. The van der Waals surface area contributed by atoms with Crippen molar-refractivity contribution in [2.75, 3.05) is 6.61 Å². The van der Waals surface area contributed by atoms with Gasteiger partial charge in [-0.3, -0.25) is 4.68 Å². The second kappa shape index (κ2) is 6.51. The molecule has 0 amide bonds. The molecule has 0 aliphatic rings. The number of aromatic nitrogens is 2. The second-order valence-electron chi connectivity index (χ2n) is 4.13. The summed E-state index contributed by atoms with van der Waals surface area (Å²) in [5, 5.41) is 5.14. The fourth-order valence-corrected chi connectivity index (χ4v) is 2.54. The van der Waals surface area contributed by atoms with E-state index in [1.807, 2.05) is 19.4 Å². The molecule has 0 spiro atoms. The Hall–Kier alpha value is -0.900. The van der Waals surface area contributed by atoms with Crippen molar-refractivity contribution in [2.45, 2.75) is 12.3 Å². The average molecular weight is 320 g/mol. The molecule has 1 aromatic carbocycles. The lowest BCUT2D eigenvalue weighted by molar-refractivity contribution is 0.319. The van der Waals surface area contributed by atoms with Crippen LogP contribution in [0, 0.1) is 0 Å². The Kier molecular flexibility index (Phi) is 4.97. The normalized spacial score (nSPS) is 10.7. The van der Waals surface area contributed by atoms with Gasteiger partial charge in [-0.1, -0.05) is 23.2 Å². The Morgan fingerprint density at radius 2 is 2.11 bits per heavy atom. The Morgan fingerprint density at radius 3 is 2.74 bits per heavy atom. The molecular formula is C13H13Cl3N2O. The first kappa shape index (κ1) is 14.5. The third-order valence-corrected chi connectivity index (χ3v) is 3.41. The number of nitrogens with zero attached hydrogens (tertiary/aromatic N) is 2. The van der Waals surface area contributed by atoms with Crippen LogP contribution in [0.15, 0.2) is 24.5 Å². The number of hydrogen-bond donors (Lipinski definition) is 0. The second-order valence-corrected chi connectivity index (χ2v) is 5.24. The van der Waals surface area contributed by atoms with Crippen molar-refractivity contribution in [1.29, 1.82) is 0 Å². The molecule has 1 heterocycles. The fraction of sp³-hybridized carbons (Fsp3) is 0.308. The van der Waals surface area contributed by atoms with E-state index in [2.05, 4.69) is 5.10 Å². The molecule has 3 nitrogen and oxygen atoms in total. The minimum absolute atomic E-state index is 0.308. The lowest BCUT2D eigenvalue weighted by Gasteiger charge is -2.12. The summed E-state index contributed by atoms with van der Waals surface area (Å²) in [6.07, 6.45) is 4.53. The van der Waals surface area contributed by atoms with E-state index in [1.54, 1.807) is 16.8 Å². The van der Waals surface area contributed by atoms with Gasteiger partial charge in [-0.2, -0.15) is 5.10 Å². The van der Waals surface area contributed by atoms with E-state index in [1.165, 1.54) is 0 Å². The van der Waals surface area contributed by atoms with Crippen molar-refractivity contribution in [2.24, 2.45) is 7.05 Å². The van der Waals surface area contributed by atoms with E-state index >= 15 is 0 Å². The van der Waals surface area contributed by atoms with Gasteiger partial charge in [-0.15, -0.1) is 11.6 Å². The number of alkyl halides is 1. The van der Waals surface area contributed by atoms with Crippen LogP contribution in [0.2, 0.25) is 10.0 Å². The maximum absolute atomic E-state index is 6.11. The highest BCUT2D eigenvalue weighted by Crippen LogP contribution is 2.33. The van der Waals surface area contributed by atoms with Gasteiger partial charge in [-0.05, 0) is 17.7 Å². The van der Waals surface area contributed by atoms with Gasteiger partial charge in [0.25, 0.3) is 0 Å². The maximum Gasteiger partial charge on any atom is 0.142 e. The molecule has 0 atom stereocenters. The molecule has 0 aliphatic carbocycles. The van der Waals surface area contributed by atoms with Crippen LogP contribution in [0.25, 0.3) is 0 Å². The predicted molar refractivity (Wildman–Crippen MR) is 78.4 cm³/mol. The minimum Gasteiger partial charge on any atom is -0.491 e. The zero-order valence-electron chi connectivity index (χ0n) is 10.4. The van der Waals surface area contributed by atoms with Gasteiger partial charge in [0.2, 0.25) is 0 Å². The van der Waals surface area contributed by atoms with E-state index < -0.39 is 0 Å². The Balaban J connectivity index is 2.03. The quantitative estimate of drug-likeness (QED) is 0.776. The van der Waals surface area contributed by atoms with Gasteiger partial charge >= 0.3 is 0 Å². The summed E-state index contributed by atoms with van der Waals surface area (Å²) in [7, 11) is 1.88. The van der Waals surface area contributed by atoms with E-state index in [-0.39, 0.29) is 0 Å². The van der Waals surface area contributed by atoms with Crippen molar-refractivity contribution in [3.63, 3.8) is 0 Å². The highest BCUT2D eigenvalue weighted by molar-refractivity contribution is 6.36. The van der Waals surface area contributed by atoms with Crippen LogP contribution in [-0.4, -0.2) is 16.4 Å². The summed E-state index contributed by atoms with van der Waals surface area (Å²) in [4.78, 5) is 0. The fourth-order valence-electron chi connectivity index (χ4n) is 1.75. The molecule has 6 heteroatoms. The van der Waals surface area contributed by atoms with Gasteiger partial charge in [0.1, 0.15) is 5.75 Å². The Labute approximate surface area is 127 Å². The van der Waals surface area contributed by atoms with Crippen molar-refractivity contribution in [3.05, 3.63) is 45.7 Å². The van der Waals surface area contributed by atoms with Crippen molar-refractivity contribution in [1.82, 2.24) is 9.78 Å². The summed E-state index contributed by atoms with van der Waals surface area (Å²) in [5.41, 5.74) is 1.91. The van der Waals surface area contributed by atoms with E-state index in [4.69, 9.17) is 39.5 Å². The predicted octanol–water partition coefficient (Wildman–Crippen LogP) is 4.09. The molecular weight excluding hydrogens is 307 g/mol. The SMILES string of the molecule is Cn1cc(CCOc2c(Cl)cc(Cl)cc2CCl)cn1. The number of hydrogen-bond acceptors (Lipinski definition) is 2. The van der Waals surface area contributed by atoms with Crippen molar-refractivity contribution < 1.29 is 4.74 Å². The highest BCUT2D eigenvalue weighted by atomic mass is 35.5. The summed E-state index contributed by atoms with van der Waals surface area (Å²) in [6, 6.07) is 3.42. The number of benzene rings is 1. The Morgan fingerprint density at radius 1 is 1.32 bits per heavy atom. The number of rotatable bonds is 5. The van der Waals surface area contributed by atoms with Gasteiger partial charge in [0.15, 0.2) is 0 Å². The molecule has 2 aromatic rings. The van der Waals surface area contributed by atoms with Crippen LogP contribution < -0.4 is 4.74 Å². The van der Waals surface area contributed by atoms with Gasteiger partial charge in [0, 0.05) is 30.3 Å². The van der Waals surface area contributed by atoms with Crippen LogP contribution >= 0.6 is 34.8 Å². The standard InChI is InChI=1S/C13H13Cl3N2O/c1-18-8-9(7-17-18)2-3-19-13-10(6-14)4-11(15)5-12(13)16/h4-5,7-8H,2-3,6H2,1H3. The van der Waals surface area contributed by atoms with E-state index in [0.29, 0.717) is 28.3 Å². The van der Waals surface area contributed by atoms with Crippen LogP contribution in [0.5, 0.6) is 5.75 Å². The molecule has 2 rings (SSSR count). The number of halogens is 3. The van der Waals surface area contributed by atoms with E-state index in [9.17, 15) is 0 Å². The summed E-state index contributed by atoms with van der Waals surface area (Å²) < 4.78 is 7.47. The molecule has 102 valence electrons. The molecule has 19 heavy (non-hydrogen) atoms. The largest absolute Gasteiger partial charge is 0.491 e. The monoisotopic (exact) mass is 318 g/mol. The topological polar surface area (TPSA) is 27.1 Å². The lowest BCUT2D eigenvalue weighted by atomic mass is 10.2. The molecule has 0 radical (unpaired) electrons. The molecule has 0 bridgehead atoms. The van der Waals surface area contributed by atoms with Crippen LogP contribution in [-0.2, 0) is 19.3 Å². The van der Waals surface area contributed by atoms with Crippen molar-refractivity contribution >= 4 is 34.8 Å². The molecule has 1 aromatic heterocycles. The first-order chi connectivity index (χ1) is 9.10. The molecule has 0 saturated carbocycles. The number of ether oxygens (including phenoxy) is 1.